The molecule has 0 aromatic carbocycles. The first-order valence-corrected chi connectivity index (χ1v) is 5.01. The Hall–Kier alpha value is -2.05. The number of aromatic nitrogens is 4. The Balaban J connectivity index is 2.23. The second-order valence-corrected chi connectivity index (χ2v) is 3.17. The smallest absolute Gasteiger partial charge is 0.387 e. The Morgan fingerprint density at radius 2 is 2.18 bits per heavy atom. The number of alkyl halides is 2. The second-order valence-electron chi connectivity index (χ2n) is 3.17. The van der Waals surface area contributed by atoms with Gasteiger partial charge in [0.2, 0.25) is 0 Å². The number of pyridine rings is 1. The Bertz CT molecular complexity index is 483. The summed E-state index contributed by atoms with van der Waals surface area (Å²) in [5.41, 5.74) is 0. The molecule has 2 aromatic heterocycles. The van der Waals surface area contributed by atoms with Crippen molar-refractivity contribution in [3.05, 3.63) is 30.5 Å². The summed E-state index contributed by atoms with van der Waals surface area (Å²) >= 11 is 0. The molecule has 0 spiro atoms. The van der Waals surface area contributed by atoms with E-state index >= 15 is 0 Å². The van der Waals surface area contributed by atoms with Gasteiger partial charge in [0.25, 0.3) is 0 Å². The monoisotopic (exact) mass is 240 g/mol. The van der Waals surface area contributed by atoms with Crippen molar-refractivity contribution in [3.8, 4) is 11.6 Å². The maximum Gasteiger partial charge on any atom is 0.387 e. The normalized spacial score (nSPS) is 10.8. The lowest BCUT2D eigenvalue weighted by atomic mass is 10.4. The zero-order valence-corrected chi connectivity index (χ0v) is 9.05. The fourth-order valence-electron chi connectivity index (χ4n) is 1.37. The van der Waals surface area contributed by atoms with Gasteiger partial charge in [0.05, 0.1) is 6.20 Å². The quantitative estimate of drug-likeness (QED) is 0.818. The van der Waals surface area contributed by atoms with Crippen LogP contribution in [-0.4, -0.2) is 26.4 Å². The number of halogens is 2. The third-order valence-corrected chi connectivity index (χ3v) is 2.10. The molecular weight excluding hydrogens is 230 g/mol. The molecule has 0 atom stereocenters. The molecule has 2 heterocycles. The van der Waals surface area contributed by atoms with Crippen LogP contribution in [0.4, 0.5) is 8.78 Å². The number of hydrogen-bond acceptors (Lipinski definition) is 4. The Labute approximate surface area is 96.1 Å². The Kier molecular flexibility index (Phi) is 3.27. The molecule has 90 valence electrons. The molecule has 2 aromatic rings. The van der Waals surface area contributed by atoms with E-state index in [4.69, 9.17) is 0 Å². The number of ether oxygens (including phenoxy) is 1. The highest BCUT2D eigenvalue weighted by Crippen LogP contribution is 2.14. The van der Waals surface area contributed by atoms with Gasteiger partial charge in [-0.3, -0.25) is 0 Å². The van der Waals surface area contributed by atoms with Crippen LogP contribution in [0.3, 0.4) is 0 Å². The molecular formula is C10H10F2N4O. The topological polar surface area (TPSA) is 52.8 Å². The Morgan fingerprint density at radius 1 is 1.35 bits per heavy atom. The highest BCUT2D eigenvalue weighted by Gasteiger charge is 2.08. The summed E-state index contributed by atoms with van der Waals surface area (Å²) in [7, 11) is 0. The second kappa shape index (κ2) is 4.86. The van der Waals surface area contributed by atoms with Crippen LogP contribution >= 0.6 is 0 Å². The minimum Gasteiger partial charge on any atom is -0.433 e. The lowest BCUT2D eigenvalue weighted by Gasteiger charge is -2.06. The van der Waals surface area contributed by atoms with Gasteiger partial charge in [-0.15, -0.1) is 0 Å². The molecule has 0 fully saturated rings. The van der Waals surface area contributed by atoms with Crippen LogP contribution in [0.5, 0.6) is 5.75 Å². The molecule has 0 aliphatic carbocycles. The van der Waals surface area contributed by atoms with Crippen LogP contribution in [0, 0.1) is 0 Å². The summed E-state index contributed by atoms with van der Waals surface area (Å²) < 4.78 is 29.6. The van der Waals surface area contributed by atoms with Crippen LogP contribution in [0.2, 0.25) is 0 Å². The van der Waals surface area contributed by atoms with Gasteiger partial charge in [-0.25, -0.2) is 9.97 Å². The first-order valence-electron chi connectivity index (χ1n) is 5.01. The summed E-state index contributed by atoms with van der Waals surface area (Å²) in [5.74, 6) is 1.28. The van der Waals surface area contributed by atoms with Crippen molar-refractivity contribution >= 4 is 0 Å². The average Bonchev–Trinajstić information content (AvgIpc) is 2.77. The van der Waals surface area contributed by atoms with Gasteiger partial charge in [-0.2, -0.15) is 18.6 Å². The first kappa shape index (κ1) is 11.4. The minimum absolute atomic E-state index is 0.0157. The van der Waals surface area contributed by atoms with Gasteiger partial charge < -0.3 is 4.74 Å². The molecule has 0 bridgehead atoms. The van der Waals surface area contributed by atoms with E-state index in [1.807, 2.05) is 6.92 Å². The van der Waals surface area contributed by atoms with Crippen molar-refractivity contribution in [1.82, 2.24) is 19.7 Å². The molecule has 0 N–H and O–H groups in total. The third-order valence-electron chi connectivity index (χ3n) is 2.10. The van der Waals surface area contributed by atoms with E-state index in [2.05, 4.69) is 19.8 Å². The molecule has 2 rings (SSSR count). The number of rotatable bonds is 4. The highest BCUT2D eigenvalue weighted by atomic mass is 19.3. The van der Waals surface area contributed by atoms with Gasteiger partial charge in [-0.1, -0.05) is 6.92 Å². The molecule has 0 unspecified atom stereocenters. The fraction of sp³-hybridized carbons (Fsp3) is 0.300. The van der Waals surface area contributed by atoms with Crippen molar-refractivity contribution in [2.45, 2.75) is 20.0 Å². The lowest BCUT2D eigenvalue weighted by molar-refractivity contribution is -0.0500. The van der Waals surface area contributed by atoms with E-state index in [-0.39, 0.29) is 5.75 Å². The summed E-state index contributed by atoms with van der Waals surface area (Å²) in [6, 6.07) is 2.96. The van der Waals surface area contributed by atoms with E-state index < -0.39 is 6.61 Å². The van der Waals surface area contributed by atoms with Gasteiger partial charge in [0, 0.05) is 6.42 Å². The SMILES string of the molecule is CCc1ncnn1-c1ccc(OC(F)F)cn1. The predicted molar refractivity (Wildman–Crippen MR) is 55.2 cm³/mol. The average molecular weight is 240 g/mol. The molecule has 0 amide bonds. The van der Waals surface area contributed by atoms with E-state index in [0.29, 0.717) is 12.2 Å². The standard InChI is InChI=1S/C10H10F2N4O/c1-2-8-14-6-15-16(8)9-4-3-7(5-13-9)17-10(11)12/h3-6,10H,2H2,1H3. The number of aryl methyl sites for hydroxylation is 1. The lowest BCUT2D eigenvalue weighted by Crippen LogP contribution is -2.06. The van der Waals surface area contributed by atoms with Crippen LogP contribution in [0.25, 0.3) is 5.82 Å². The Morgan fingerprint density at radius 3 is 2.76 bits per heavy atom. The van der Waals surface area contributed by atoms with Gasteiger partial charge in [0.1, 0.15) is 17.9 Å². The van der Waals surface area contributed by atoms with Crippen molar-refractivity contribution in [3.63, 3.8) is 0 Å². The van der Waals surface area contributed by atoms with E-state index in [9.17, 15) is 8.78 Å². The third kappa shape index (κ3) is 2.55. The van der Waals surface area contributed by atoms with Crippen molar-refractivity contribution < 1.29 is 13.5 Å². The van der Waals surface area contributed by atoms with Crippen LogP contribution in [-0.2, 0) is 6.42 Å². The van der Waals surface area contributed by atoms with Gasteiger partial charge in [0.15, 0.2) is 5.82 Å². The van der Waals surface area contributed by atoms with Gasteiger partial charge in [-0.05, 0) is 12.1 Å². The summed E-state index contributed by atoms with van der Waals surface area (Å²) in [5, 5.41) is 4.00. The van der Waals surface area contributed by atoms with Crippen LogP contribution < -0.4 is 4.74 Å². The van der Waals surface area contributed by atoms with Crippen LogP contribution in [0.15, 0.2) is 24.7 Å². The highest BCUT2D eigenvalue weighted by molar-refractivity contribution is 5.28. The molecule has 0 aliphatic rings. The van der Waals surface area contributed by atoms with E-state index in [1.165, 1.54) is 18.6 Å². The minimum atomic E-state index is -2.85. The number of hydrogen-bond donors (Lipinski definition) is 0. The zero-order valence-electron chi connectivity index (χ0n) is 9.05. The summed E-state index contributed by atoms with van der Waals surface area (Å²) in [6.07, 6.45) is 3.35. The van der Waals surface area contributed by atoms with E-state index in [1.54, 1.807) is 10.7 Å². The predicted octanol–water partition coefficient (Wildman–Crippen LogP) is 1.83. The van der Waals surface area contributed by atoms with Crippen LogP contribution in [0.1, 0.15) is 12.7 Å². The fourth-order valence-corrected chi connectivity index (χ4v) is 1.37. The first-order chi connectivity index (χ1) is 8.20. The summed E-state index contributed by atoms with van der Waals surface area (Å²) in [6.45, 7) is -0.908. The zero-order chi connectivity index (χ0) is 12.3. The van der Waals surface area contributed by atoms with Crippen molar-refractivity contribution in [2.75, 3.05) is 0 Å². The van der Waals surface area contributed by atoms with Crippen molar-refractivity contribution in [2.24, 2.45) is 0 Å². The molecule has 17 heavy (non-hydrogen) atoms. The number of nitrogens with zero attached hydrogens (tertiary/aromatic N) is 4. The molecule has 0 aliphatic heterocycles. The molecule has 7 heteroatoms. The van der Waals surface area contributed by atoms with Gasteiger partial charge >= 0.3 is 6.61 Å². The van der Waals surface area contributed by atoms with Crippen molar-refractivity contribution in [1.29, 1.82) is 0 Å². The molecule has 0 saturated carbocycles. The maximum absolute atomic E-state index is 11.9. The molecule has 0 saturated heterocycles. The largest absolute Gasteiger partial charge is 0.433 e. The molecule has 5 nitrogen and oxygen atoms in total. The molecule has 0 radical (unpaired) electrons. The van der Waals surface area contributed by atoms with E-state index in [0.717, 1.165) is 5.82 Å². The summed E-state index contributed by atoms with van der Waals surface area (Å²) in [4.78, 5) is 8.03. The maximum atomic E-state index is 11.9.